The third-order valence-electron chi connectivity index (χ3n) is 16.2. The molecular weight excluding hydrogens is 759 g/mol. The predicted octanol–water partition coefficient (Wildman–Crippen LogP) is 15.4. The molecule has 0 bridgehead atoms. The van der Waals surface area contributed by atoms with E-state index in [2.05, 4.69) is 199 Å². The third kappa shape index (κ3) is 4.02. The number of nitrogens with zero attached hydrogens (tertiary/aromatic N) is 1. The number of allylic oxidation sites excluding steroid dienone is 12. The first-order chi connectivity index (χ1) is 31.3. The van der Waals surface area contributed by atoms with Gasteiger partial charge in [0.05, 0.1) is 22.2 Å². The minimum atomic E-state index is -0.431. The van der Waals surface area contributed by atoms with E-state index in [1.54, 1.807) is 27.9 Å². The first-order valence-electron chi connectivity index (χ1n) is 23.1. The average Bonchev–Trinajstić information content (AvgIpc) is 4.11. The standard InChI is InChI=1S/C62H43N/c1-2-17-38(18-3-1)40-19-8-13-33-56(40)63(57-34-16-32-54-58(57)49-23-7-12-31-53(49)61(54)50-28-9-4-20-41(50)42-21-5-10-29-51(42)61)39-35-36-44-46-25-15-27-48-47-26-14-24-45-43-22-6-11-30-52(43)62(59(45)47,60(46)48)55(44)37-39/h1-10,12-13,15-23,26-29,31-37,46H,11,14,24-25,30H2. The van der Waals surface area contributed by atoms with Gasteiger partial charge in [-0.3, -0.25) is 0 Å². The maximum absolute atomic E-state index is 2.66. The first-order valence-corrected chi connectivity index (χ1v) is 23.1. The molecule has 0 saturated carbocycles. The lowest BCUT2D eigenvalue weighted by molar-refractivity contribution is 0.667. The van der Waals surface area contributed by atoms with Crippen LogP contribution in [0.25, 0.3) is 33.4 Å². The summed E-state index contributed by atoms with van der Waals surface area (Å²) in [4.78, 5) is 2.64. The summed E-state index contributed by atoms with van der Waals surface area (Å²) in [7, 11) is 0. The van der Waals surface area contributed by atoms with E-state index >= 15 is 0 Å². The van der Waals surface area contributed by atoms with Gasteiger partial charge in [-0.05, 0) is 151 Å². The first kappa shape index (κ1) is 34.4. The second-order valence-electron chi connectivity index (χ2n) is 18.7. The molecule has 7 aromatic rings. The van der Waals surface area contributed by atoms with Crippen molar-refractivity contribution < 1.29 is 0 Å². The molecule has 0 N–H and O–H groups in total. The van der Waals surface area contributed by atoms with Gasteiger partial charge in [0.1, 0.15) is 0 Å². The van der Waals surface area contributed by atoms with Gasteiger partial charge in [-0.1, -0.05) is 170 Å². The molecular formula is C62H43N. The molecule has 1 nitrogen and oxygen atoms in total. The lowest BCUT2D eigenvalue weighted by Crippen LogP contribution is -2.28. The maximum atomic E-state index is 2.66. The summed E-state index contributed by atoms with van der Waals surface area (Å²) in [5.41, 5.74) is 30.4. The molecule has 0 saturated heterocycles. The van der Waals surface area contributed by atoms with Crippen molar-refractivity contribution in [1.82, 2.24) is 0 Å². The summed E-state index contributed by atoms with van der Waals surface area (Å²) in [5, 5.41) is 0. The highest BCUT2D eigenvalue weighted by Crippen LogP contribution is 2.73. The van der Waals surface area contributed by atoms with E-state index < -0.39 is 5.41 Å². The van der Waals surface area contributed by atoms with Gasteiger partial charge < -0.3 is 4.90 Å². The van der Waals surface area contributed by atoms with Crippen LogP contribution in [0.5, 0.6) is 0 Å². The Morgan fingerprint density at radius 1 is 0.492 bits per heavy atom. The summed E-state index contributed by atoms with van der Waals surface area (Å²) in [6.45, 7) is 0. The van der Waals surface area contributed by atoms with E-state index in [0.29, 0.717) is 5.92 Å². The second kappa shape index (κ2) is 12.2. The molecule has 2 spiro atoms. The fourth-order valence-electron chi connectivity index (χ4n) is 14.2. The molecule has 2 unspecified atom stereocenters. The SMILES string of the molecule is C1=CC2=C(CC1)C13C4=C2CCC=C4C2=C1C(CC=C2)c1ccc(N(c2ccccc2-c2ccccc2)c2cccc4c2-c2ccccc2C42c4ccccc4-c4ccccc42)cc13. The zero-order chi connectivity index (χ0) is 41.0. The van der Waals surface area contributed by atoms with Crippen molar-refractivity contribution >= 4 is 17.1 Å². The summed E-state index contributed by atoms with van der Waals surface area (Å²) >= 11 is 0. The van der Waals surface area contributed by atoms with Crippen molar-refractivity contribution in [2.75, 3.05) is 4.90 Å². The van der Waals surface area contributed by atoms with E-state index in [4.69, 9.17) is 0 Å². The summed E-state index contributed by atoms with van der Waals surface area (Å²) in [6.07, 6.45) is 18.0. The molecule has 8 aliphatic carbocycles. The molecule has 0 radical (unpaired) electrons. The second-order valence-corrected chi connectivity index (χ2v) is 18.7. The van der Waals surface area contributed by atoms with Crippen LogP contribution < -0.4 is 4.90 Å². The quantitative estimate of drug-likeness (QED) is 0.171. The fourth-order valence-corrected chi connectivity index (χ4v) is 14.2. The molecule has 2 atom stereocenters. The molecule has 296 valence electrons. The highest BCUT2D eigenvalue weighted by atomic mass is 15.1. The zero-order valence-electron chi connectivity index (χ0n) is 35.0. The van der Waals surface area contributed by atoms with Crippen molar-refractivity contribution in [2.24, 2.45) is 0 Å². The Hall–Kier alpha value is -7.22. The highest BCUT2D eigenvalue weighted by molar-refractivity contribution is 6.03. The summed E-state index contributed by atoms with van der Waals surface area (Å²) in [5.74, 6) is 0.396. The van der Waals surface area contributed by atoms with Gasteiger partial charge in [0, 0.05) is 22.7 Å². The topological polar surface area (TPSA) is 3.24 Å². The summed E-state index contributed by atoms with van der Waals surface area (Å²) in [6, 6.07) is 62.5. The number of benzene rings is 7. The van der Waals surface area contributed by atoms with Crippen molar-refractivity contribution in [3.63, 3.8) is 0 Å². The van der Waals surface area contributed by atoms with Crippen LogP contribution in [0.2, 0.25) is 0 Å². The Morgan fingerprint density at radius 3 is 1.97 bits per heavy atom. The molecule has 8 aliphatic rings. The van der Waals surface area contributed by atoms with Gasteiger partial charge in [-0.2, -0.15) is 0 Å². The van der Waals surface area contributed by atoms with Crippen LogP contribution in [0.3, 0.4) is 0 Å². The van der Waals surface area contributed by atoms with Gasteiger partial charge in [-0.25, -0.2) is 0 Å². The zero-order valence-corrected chi connectivity index (χ0v) is 35.0. The molecule has 0 heterocycles. The van der Waals surface area contributed by atoms with E-state index in [1.807, 2.05) is 0 Å². The Balaban J connectivity index is 1.04. The maximum Gasteiger partial charge on any atom is 0.0726 e. The molecule has 63 heavy (non-hydrogen) atoms. The molecule has 0 aliphatic heterocycles. The monoisotopic (exact) mass is 801 g/mol. The van der Waals surface area contributed by atoms with Crippen LogP contribution in [-0.2, 0) is 10.8 Å². The Morgan fingerprint density at radius 2 is 1.16 bits per heavy atom. The number of anilines is 3. The van der Waals surface area contributed by atoms with Crippen molar-refractivity contribution in [3.8, 4) is 33.4 Å². The lowest BCUT2D eigenvalue weighted by atomic mass is 9.68. The molecule has 0 amide bonds. The molecule has 0 fully saturated rings. The number of para-hydroxylation sites is 1. The number of rotatable bonds is 4. The van der Waals surface area contributed by atoms with Crippen LogP contribution in [0.15, 0.2) is 233 Å². The Labute approximate surface area is 369 Å². The minimum Gasteiger partial charge on any atom is -0.309 e. The van der Waals surface area contributed by atoms with Crippen molar-refractivity contribution in [1.29, 1.82) is 0 Å². The fraction of sp³-hybridized carbons (Fsp3) is 0.129. The van der Waals surface area contributed by atoms with Crippen LogP contribution >= 0.6 is 0 Å². The van der Waals surface area contributed by atoms with Gasteiger partial charge in [-0.15, -0.1) is 0 Å². The van der Waals surface area contributed by atoms with Gasteiger partial charge >= 0.3 is 0 Å². The lowest BCUT2D eigenvalue weighted by Gasteiger charge is -2.35. The van der Waals surface area contributed by atoms with E-state index in [9.17, 15) is 0 Å². The molecule has 1 heteroatoms. The Bertz CT molecular complexity index is 3390. The van der Waals surface area contributed by atoms with Gasteiger partial charge in [0.15, 0.2) is 0 Å². The Kier molecular flexibility index (Phi) is 6.68. The van der Waals surface area contributed by atoms with Crippen molar-refractivity contribution in [2.45, 2.75) is 48.9 Å². The van der Waals surface area contributed by atoms with E-state index in [-0.39, 0.29) is 5.41 Å². The van der Waals surface area contributed by atoms with Crippen LogP contribution in [0.4, 0.5) is 17.1 Å². The number of hydrogen-bond acceptors (Lipinski definition) is 1. The van der Waals surface area contributed by atoms with E-state index in [0.717, 1.165) is 32.1 Å². The van der Waals surface area contributed by atoms with Crippen LogP contribution in [0, 0.1) is 0 Å². The number of fused-ring (bicyclic) bond motifs is 14. The normalized spacial score (nSPS) is 21.5. The summed E-state index contributed by atoms with van der Waals surface area (Å²) < 4.78 is 0. The molecule has 0 aromatic heterocycles. The van der Waals surface area contributed by atoms with Crippen LogP contribution in [0.1, 0.15) is 71.4 Å². The smallest absolute Gasteiger partial charge is 0.0726 e. The van der Waals surface area contributed by atoms with Crippen molar-refractivity contribution in [3.05, 3.63) is 267 Å². The third-order valence-corrected chi connectivity index (χ3v) is 16.2. The van der Waals surface area contributed by atoms with E-state index in [1.165, 1.54) is 95.0 Å². The highest BCUT2D eigenvalue weighted by Gasteiger charge is 2.62. The van der Waals surface area contributed by atoms with Gasteiger partial charge in [0.25, 0.3) is 0 Å². The number of hydrogen-bond donors (Lipinski definition) is 0. The average molecular weight is 802 g/mol. The van der Waals surface area contributed by atoms with Gasteiger partial charge in [0.2, 0.25) is 0 Å². The van der Waals surface area contributed by atoms with Crippen LogP contribution in [-0.4, -0.2) is 0 Å². The minimum absolute atomic E-state index is 0.186. The predicted molar refractivity (Wildman–Crippen MR) is 258 cm³/mol. The largest absolute Gasteiger partial charge is 0.309 e. The molecule has 15 rings (SSSR count). The molecule has 7 aromatic carbocycles.